The zero-order valence-corrected chi connectivity index (χ0v) is 10.2. The van der Waals surface area contributed by atoms with Gasteiger partial charge in [0.2, 0.25) is 0 Å². The standard InChI is InChI=1S/C11H13BrF2O/c1-11(2,6-15)5-7-3-9(13)10(14)4-8(7)12/h3-4,15H,5-6H2,1-2H3. The van der Waals surface area contributed by atoms with E-state index in [9.17, 15) is 8.78 Å². The predicted molar refractivity (Wildman–Crippen MR) is 58.6 cm³/mol. The van der Waals surface area contributed by atoms with Crippen LogP contribution in [-0.4, -0.2) is 11.7 Å². The molecule has 1 N–H and O–H groups in total. The Kier molecular flexibility index (Phi) is 3.84. The molecule has 15 heavy (non-hydrogen) atoms. The van der Waals surface area contributed by atoms with Crippen molar-refractivity contribution in [2.24, 2.45) is 5.41 Å². The van der Waals surface area contributed by atoms with Crippen LogP contribution < -0.4 is 0 Å². The van der Waals surface area contributed by atoms with Crippen molar-refractivity contribution in [2.45, 2.75) is 20.3 Å². The number of rotatable bonds is 3. The Morgan fingerprint density at radius 1 is 1.27 bits per heavy atom. The van der Waals surface area contributed by atoms with Crippen molar-refractivity contribution in [3.05, 3.63) is 33.8 Å². The summed E-state index contributed by atoms with van der Waals surface area (Å²) in [7, 11) is 0. The number of hydrogen-bond acceptors (Lipinski definition) is 1. The van der Waals surface area contributed by atoms with E-state index in [2.05, 4.69) is 15.9 Å². The third-order valence-corrected chi connectivity index (χ3v) is 2.92. The van der Waals surface area contributed by atoms with E-state index in [4.69, 9.17) is 5.11 Å². The van der Waals surface area contributed by atoms with Crippen LogP contribution in [0.15, 0.2) is 16.6 Å². The lowest BCUT2D eigenvalue weighted by atomic mass is 9.87. The minimum absolute atomic E-state index is 0.00155. The van der Waals surface area contributed by atoms with Crippen LogP contribution >= 0.6 is 15.9 Å². The van der Waals surface area contributed by atoms with Gasteiger partial charge < -0.3 is 5.11 Å². The molecule has 0 aliphatic rings. The number of aliphatic hydroxyl groups excluding tert-OH is 1. The number of aliphatic hydroxyl groups is 1. The van der Waals surface area contributed by atoms with E-state index < -0.39 is 11.6 Å². The van der Waals surface area contributed by atoms with Gasteiger partial charge in [-0.15, -0.1) is 0 Å². The molecule has 0 amide bonds. The maximum atomic E-state index is 13.0. The summed E-state index contributed by atoms with van der Waals surface area (Å²) in [6, 6.07) is 2.27. The van der Waals surface area contributed by atoms with Crippen LogP contribution in [0.3, 0.4) is 0 Å². The van der Waals surface area contributed by atoms with Gasteiger partial charge in [0.1, 0.15) is 0 Å². The topological polar surface area (TPSA) is 20.2 Å². The molecule has 0 radical (unpaired) electrons. The molecule has 0 bridgehead atoms. The molecule has 1 nitrogen and oxygen atoms in total. The summed E-state index contributed by atoms with van der Waals surface area (Å²) in [6.07, 6.45) is 0.487. The molecule has 0 aromatic heterocycles. The summed E-state index contributed by atoms with van der Waals surface area (Å²) in [4.78, 5) is 0. The molecule has 0 atom stereocenters. The molecule has 0 fully saturated rings. The van der Waals surface area contributed by atoms with Gasteiger partial charge in [0.05, 0.1) is 0 Å². The van der Waals surface area contributed by atoms with E-state index in [1.165, 1.54) is 0 Å². The van der Waals surface area contributed by atoms with Crippen LogP contribution in [0.4, 0.5) is 8.78 Å². The largest absolute Gasteiger partial charge is 0.396 e. The van der Waals surface area contributed by atoms with Crippen LogP contribution in [-0.2, 0) is 6.42 Å². The van der Waals surface area contributed by atoms with Crippen molar-refractivity contribution in [2.75, 3.05) is 6.61 Å². The van der Waals surface area contributed by atoms with Gasteiger partial charge in [0, 0.05) is 11.1 Å². The van der Waals surface area contributed by atoms with E-state index in [0.717, 1.165) is 12.1 Å². The smallest absolute Gasteiger partial charge is 0.159 e. The lowest BCUT2D eigenvalue weighted by molar-refractivity contribution is 0.159. The summed E-state index contributed by atoms with van der Waals surface area (Å²) < 4.78 is 26.3. The van der Waals surface area contributed by atoms with Gasteiger partial charge in [-0.25, -0.2) is 8.78 Å². The van der Waals surface area contributed by atoms with Gasteiger partial charge in [0.15, 0.2) is 11.6 Å². The van der Waals surface area contributed by atoms with E-state index in [-0.39, 0.29) is 12.0 Å². The van der Waals surface area contributed by atoms with Gasteiger partial charge in [-0.3, -0.25) is 0 Å². The molecule has 4 heteroatoms. The molecule has 0 aliphatic heterocycles. The van der Waals surface area contributed by atoms with Crippen molar-refractivity contribution in [1.82, 2.24) is 0 Å². The summed E-state index contributed by atoms with van der Waals surface area (Å²) >= 11 is 3.17. The minimum Gasteiger partial charge on any atom is -0.396 e. The monoisotopic (exact) mass is 278 g/mol. The first-order valence-corrected chi connectivity index (χ1v) is 5.39. The van der Waals surface area contributed by atoms with Crippen LogP contribution in [0, 0.1) is 17.0 Å². The Morgan fingerprint density at radius 2 is 1.80 bits per heavy atom. The van der Waals surface area contributed by atoms with Crippen LogP contribution in [0.5, 0.6) is 0 Å². The normalized spacial score (nSPS) is 11.9. The Morgan fingerprint density at radius 3 is 2.33 bits per heavy atom. The Bertz CT molecular complexity index is 364. The molecular formula is C11H13BrF2O. The minimum atomic E-state index is -0.868. The highest BCUT2D eigenvalue weighted by Crippen LogP contribution is 2.28. The number of benzene rings is 1. The molecule has 1 rings (SSSR count). The number of hydrogen-bond donors (Lipinski definition) is 1. The first-order valence-electron chi connectivity index (χ1n) is 4.60. The first-order chi connectivity index (χ1) is 6.85. The molecule has 0 aliphatic carbocycles. The van der Waals surface area contributed by atoms with Gasteiger partial charge in [0.25, 0.3) is 0 Å². The van der Waals surface area contributed by atoms with Gasteiger partial charge in [-0.2, -0.15) is 0 Å². The highest BCUT2D eigenvalue weighted by molar-refractivity contribution is 9.10. The molecule has 0 heterocycles. The van der Waals surface area contributed by atoms with E-state index >= 15 is 0 Å². The first kappa shape index (κ1) is 12.6. The van der Waals surface area contributed by atoms with Gasteiger partial charge in [-0.05, 0) is 29.5 Å². The molecule has 0 spiro atoms. The van der Waals surface area contributed by atoms with Crippen molar-refractivity contribution in [3.8, 4) is 0 Å². The quantitative estimate of drug-likeness (QED) is 0.842. The fourth-order valence-electron chi connectivity index (χ4n) is 1.27. The second-order valence-corrected chi connectivity index (χ2v) is 5.21. The summed E-state index contributed by atoms with van der Waals surface area (Å²) in [5.41, 5.74) is 0.320. The average molecular weight is 279 g/mol. The highest BCUT2D eigenvalue weighted by Gasteiger charge is 2.19. The van der Waals surface area contributed by atoms with Crippen molar-refractivity contribution >= 4 is 15.9 Å². The van der Waals surface area contributed by atoms with Crippen LogP contribution in [0.25, 0.3) is 0 Å². The number of halogens is 3. The zero-order valence-electron chi connectivity index (χ0n) is 8.65. The average Bonchev–Trinajstić information content (AvgIpc) is 2.14. The lowest BCUT2D eigenvalue weighted by Gasteiger charge is -2.22. The van der Waals surface area contributed by atoms with Crippen molar-refractivity contribution < 1.29 is 13.9 Å². The third-order valence-electron chi connectivity index (χ3n) is 2.19. The van der Waals surface area contributed by atoms with Gasteiger partial charge >= 0.3 is 0 Å². The second-order valence-electron chi connectivity index (χ2n) is 4.36. The van der Waals surface area contributed by atoms with Gasteiger partial charge in [-0.1, -0.05) is 29.8 Å². The fourth-order valence-corrected chi connectivity index (χ4v) is 1.73. The predicted octanol–water partition coefficient (Wildman–Crippen LogP) is 3.29. The van der Waals surface area contributed by atoms with Crippen LogP contribution in [0.1, 0.15) is 19.4 Å². The molecule has 84 valence electrons. The maximum Gasteiger partial charge on any atom is 0.159 e. The Balaban J connectivity index is 3.01. The Hall–Kier alpha value is -0.480. The van der Waals surface area contributed by atoms with E-state index in [1.807, 2.05) is 13.8 Å². The molecule has 1 aromatic carbocycles. The lowest BCUT2D eigenvalue weighted by Crippen LogP contribution is -2.20. The SMILES string of the molecule is CC(C)(CO)Cc1cc(F)c(F)cc1Br. The van der Waals surface area contributed by atoms with E-state index in [0.29, 0.717) is 16.5 Å². The van der Waals surface area contributed by atoms with E-state index in [1.54, 1.807) is 0 Å². The fraction of sp³-hybridized carbons (Fsp3) is 0.455. The summed E-state index contributed by atoms with van der Waals surface area (Å²) in [5, 5.41) is 9.09. The highest BCUT2D eigenvalue weighted by atomic mass is 79.9. The Labute approximate surface area is 96.2 Å². The maximum absolute atomic E-state index is 13.0. The molecular weight excluding hydrogens is 266 g/mol. The summed E-state index contributed by atoms with van der Waals surface area (Å²) in [6.45, 7) is 3.72. The molecule has 0 saturated heterocycles. The third kappa shape index (κ3) is 3.24. The summed E-state index contributed by atoms with van der Waals surface area (Å²) in [5.74, 6) is -1.73. The zero-order chi connectivity index (χ0) is 11.6. The molecule has 1 aromatic rings. The van der Waals surface area contributed by atoms with Crippen molar-refractivity contribution in [1.29, 1.82) is 0 Å². The molecule has 0 saturated carbocycles. The van der Waals surface area contributed by atoms with Crippen LogP contribution in [0.2, 0.25) is 0 Å². The second kappa shape index (κ2) is 4.58. The van der Waals surface area contributed by atoms with Crippen molar-refractivity contribution in [3.63, 3.8) is 0 Å². The molecule has 0 unspecified atom stereocenters.